The molecular weight excluding hydrogens is 548 g/mol. The maximum atomic E-state index is 13.4. The maximum Gasteiger partial charge on any atom is 0.306 e. The first-order valence-electron chi connectivity index (χ1n) is 16.2. The van der Waals surface area contributed by atoms with Crippen LogP contribution in [0.1, 0.15) is 91.5 Å². The molecule has 6 rings (SSSR count). The summed E-state index contributed by atoms with van der Waals surface area (Å²) in [6.45, 7) is 12.3. The van der Waals surface area contributed by atoms with Crippen molar-refractivity contribution in [3.05, 3.63) is 29.8 Å². The third kappa shape index (κ3) is 4.99. The molecular formula is C35H48O6S. The van der Waals surface area contributed by atoms with Crippen LogP contribution in [0.2, 0.25) is 0 Å². The molecule has 42 heavy (non-hydrogen) atoms. The van der Waals surface area contributed by atoms with Gasteiger partial charge in [-0.05, 0) is 99.0 Å². The number of carbonyl (C=O) groups is 3. The first kappa shape index (κ1) is 30.0. The van der Waals surface area contributed by atoms with E-state index in [1.807, 2.05) is 11.8 Å². The van der Waals surface area contributed by atoms with E-state index in [1.165, 1.54) is 24.3 Å². The Kier molecular flexibility index (Phi) is 7.98. The van der Waals surface area contributed by atoms with Crippen LogP contribution >= 0.6 is 11.8 Å². The standard InChI is InChI=1S/C35H48O6S/c1-19-7-10-25(11-8-19)42-32-31-30(27-13-12-26-20(2)9-14-29(38)41-33(32)35(26,27)6)28(40-22(4)37)18-23-17-24(39-21(3)36)15-16-34(23,31)5/h7-8,10-11,20,23-24,26-28,30-33H,9,12-18H2,1-6H3/t20-,23+,24-,26-,27+,28-,30-,31-,32-,33+,34+,35-/m1/s1. The summed E-state index contributed by atoms with van der Waals surface area (Å²) in [7, 11) is 0. The molecule has 1 saturated heterocycles. The van der Waals surface area contributed by atoms with Gasteiger partial charge in [-0.25, -0.2) is 0 Å². The average molecular weight is 597 g/mol. The summed E-state index contributed by atoms with van der Waals surface area (Å²) in [4.78, 5) is 39.1. The molecule has 12 atom stereocenters. The molecule has 4 aliphatic carbocycles. The molecule has 0 bridgehead atoms. The van der Waals surface area contributed by atoms with Gasteiger partial charge in [0.05, 0.1) is 5.25 Å². The number of benzene rings is 1. The summed E-state index contributed by atoms with van der Waals surface area (Å²) in [6, 6.07) is 8.73. The Hall–Kier alpha value is -2.02. The zero-order valence-corrected chi connectivity index (χ0v) is 26.9. The number of hydrogen-bond donors (Lipinski definition) is 0. The quantitative estimate of drug-likeness (QED) is 0.270. The number of aryl methyl sites for hydroxylation is 1. The van der Waals surface area contributed by atoms with Crippen molar-refractivity contribution in [2.75, 3.05) is 0 Å². The number of thioether (sulfide) groups is 1. The molecule has 1 heterocycles. The molecule has 0 spiro atoms. The monoisotopic (exact) mass is 596 g/mol. The molecule has 5 aliphatic rings. The first-order chi connectivity index (χ1) is 19.9. The van der Waals surface area contributed by atoms with Crippen LogP contribution in [0.3, 0.4) is 0 Å². The fourth-order valence-corrected chi connectivity index (χ4v) is 12.4. The summed E-state index contributed by atoms with van der Waals surface area (Å²) < 4.78 is 18.7. The van der Waals surface area contributed by atoms with Gasteiger partial charge in [-0.15, -0.1) is 11.8 Å². The number of fused-ring (bicyclic) bond motifs is 4. The Balaban J connectivity index is 1.50. The predicted octanol–water partition coefficient (Wildman–Crippen LogP) is 7.15. The van der Waals surface area contributed by atoms with Crippen LogP contribution in [-0.2, 0) is 28.6 Å². The Bertz CT molecular complexity index is 1210. The van der Waals surface area contributed by atoms with Crippen molar-refractivity contribution in [1.29, 1.82) is 0 Å². The van der Waals surface area contributed by atoms with Gasteiger partial charge >= 0.3 is 17.9 Å². The molecule has 0 unspecified atom stereocenters. The van der Waals surface area contributed by atoms with E-state index in [0.717, 1.165) is 44.9 Å². The number of carbonyl (C=O) groups excluding carboxylic acids is 3. The number of hydrogen-bond acceptors (Lipinski definition) is 7. The molecule has 7 heteroatoms. The maximum absolute atomic E-state index is 13.4. The van der Waals surface area contributed by atoms with Gasteiger partial charge in [0.15, 0.2) is 0 Å². The van der Waals surface area contributed by atoms with Gasteiger partial charge in [0.25, 0.3) is 0 Å². The Labute approximate surface area is 255 Å². The van der Waals surface area contributed by atoms with Gasteiger partial charge in [-0.3, -0.25) is 14.4 Å². The van der Waals surface area contributed by atoms with Crippen LogP contribution in [0.4, 0.5) is 0 Å². The topological polar surface area (TPSA) is 78.9 Å². The largest absolute Gasteiger partial charge is 0.463 e. The van der Waals surface area contributed by atoms with Crippen molar-refractivity contribution in [3.8, 4) is 0 Å². The van der Waals surface area contributed by atoms with E-state index in [1.54, 1.807) is 0 Å². The minimum atomic E-state index is -0.234. The third-order valence-electron chi connectivity index (χ3n) is 12.4. The average Bonchev–Trinajstić information content (AvgIpc) is 3.27. The van der Waals surface area contributed by atoms with Crippen LogP contribution in [-0.4, -0.2) is 41.5 Å². The van der Waals surface area contributed by atoms with Gasteiger partial charge in [0.1, 0.15) is 18.3 Å². The van der Waals surface area contributed by atoms with E-state index < -0.39 is 0 Å². The number of esters is 3. The van der Waals surface area contributed by atoms with Gasteiger partial charge in [-0.1, -0.05) is 38.5 Å². The van der Waals surface area contributed by atoms with Gasteiger partial charge in [-0.2, -0.15) is 0 Å². The lowest BCUT2D eigenvalue weighted by Gasteiger charge is -2.66. The van der Waals surface area contributed by atoms with Crippen molar-refractivity contribution in [3.63, 3.8) is 0 Å². The highest BCUT2D eigenvalue weighted by Gasteiger charge is 2.71. The van der Waals surface area contributed by atoms with Crippen molar-refractivity contribution in [1.82, 2.24) is 0 Å². The highest BCUT2D eigenvalue weighted by Crippen LogP contribution is 2.71. The van der Waals surface area contributed by atoms with Crippen LogP contribution in [0.15, 0.2) is 29.2 Å². The molecule has 0 amide bonds. The number of rotatable bonds is 4. The van der Waals surface area contributed by atoms with E-state index >= 15 is 0 Å². The fourth-order valence-electron chi connectivity index (χ4n) is 10.7. The van der Waals surface area contributed by atoms with E-state index in [-0.39, 0.29) is 70.1 Å². The molecule has 1 aromatic rings. The van der Waals surface area contributed by atoms with Gasteiger partial charge in [0.2, 0.25) is 0 Å². The van der Waals surface area contributed by atoms with Gasteiger partial charge < -0.3 is 14.2 Å². The lowest BCUT2D eigenvalue weighted by molar-refractivity contribution is -0.224. The minimum absolute atomic E-state index is 0.0324. The van der Waals surface area contributed by atoms with Crippen LogP contribution < -0.4 is 0 Å². The summed E-state index contributed by atoms with van der Waals surface area (Å²) in [6.07, 6.45) is 6.40. The van der Waals surface area contributed by atoms with Crippen LogP contribution in [0.5, 0.6) is 0 Å². The highest BCUT2D eigenvalue weighted by molar-refractivity contribution is 8.00. The minimum Gasteiger partial charge on any atom is -0.463 e. The van der Waals surface area contributed by atoms with Crippen molar-refractivity contribution in [2.45, 2.75) is 121 Å². The fraction of sp³-hybridized carbons (Fsp3) is 0.743. The van der Waals surface area contributed by atoms with Crippen molar-refractivity contribution >= 4 is 29.7 Å². The predicted molar refractivity (Wildman–Crippen MR) is 162 cm³/mol. The normalized spacial score (nSPS) is 44.4. The summed E-state index contributed by atoms with van der Waals surface area (Å²) >= 11 is 1.88. The van der Waals surface area contributed by atoms with Crippen molar-refractivity contribution < 1.29 is 28.6 Å². The zero-order valence-electron chi connectivity index (χ0n) is 26.1. The van der Waals surface area contributed by atoms with E-state index in [0.29, 0.717) is 24.2 Å². The Morgan fingerprint density at radius 2 is 1.64 bits per heavy atom. The van der Waals surface area contributed by atoms with E-state index in [2.05, 4.69) is 52.0 Å². The van der Waals surface area contributed by atoms with E-state index in [9.17, 15) is 14.4 Å². The Morgan fingerprint density at radius 3 is 2.33 bits per heavy atom. The van der Waals surface area contributed by atoms with Crippen LogP contribution in [0.25, 0.3) is 0 Å². The Morgan fingerprint density at radius 1 is 0.952 bits per heavy atom. The zero-order chi connectivity index (χ0) is 30.0. The molecule has 0 N–H and O–H groups in total. The SMILES string of the molecule is CC(=O)O[C@@H]1CC[C@@]2(C)[C@@H](C1)C[C@@H](OC(C)=O)[C@@H]1[C@@H]2[C@@H](Sc2ccc(C)cc2)[C@@H]2OC(=O)CC[C@@H](C)[C@H]3CC[C@@H]1[C@@]32C. The van der Waals surface area contributed by atoms with Gasteiger partial charge in [0, 0.05) is 36.5 Å². The smallest absolute Gasteiger partial charge is 0.306 e. The van der Waals surface area contributed by atoms with Crippen LogP contribution in [0, 0.1) is 53.3 Å². The summed E-state index contributed by atoms with van der Waals surface area (Å²) in [5.74, 6) is 1.31. The molecule has 0 radical (unpaired) electrons. The second kappa shape index (κ2) is 11.2. The van der Waals surface area contributed by atoms with E-state index in [4.69, 9.17) is 14.2 Å². The molecule has 4 saturated carbocycles. The second-order valence-corrected chi connectivity index (χ2v) is 15.9. The summed E-state index contributed by atoms with van der Waals surface area (Å²) in [5, 5.41) is 0.0324. The lowest BCUT2D eigenvalue weighted by atomic mass is 9.42. The van der Waals surface area contributed by atoms with Crippen molar-refractivity contribution in [2.24, 2.45) is 46.3 Å². The second-order valence-electron chi connectivity index (χ2n) is 14.7. The number of ether oxygens (including phenoxy) is 3. The molecule has 1 aromatic carbocycles. The first-order valence-corrected chi connectivity index (χ1v) is 17.1. The third-order valence-corrected chi connectivity index (χ3v) is 13.8. The molecule has 230 valence electrons. The highest BCUT2D eigenvalue weighted by atomic mass is 32.2. The summed E-state index contributed by atoms with van der Waals surface area (Å²) in [5.41, 5.74) is 0.980. The molecule has 5 fully saturated rings. The molecule has 1 aliphatic heterocycles. The lowest BCUT2D eigenvalue weighted by Crippen LogP contribution is -2.68. The molecule has 0 aromatic heterocycles. The molecule has 6 nitrogen and oxygen atoms in total.